The first-order valence-electron chi connectivity index (χ1n) is 6.96. The van der Waals surface area contributed by atoms with Crippen molar-refractivity contribution >= 4 is 50.1 Å². The van der Waals surface area contributed by atoms with E-state index in [1.165, 1.54) is 6.92 Å². The van der Waals surface area contributed by atoms with Gasteiger partial charge in [0.15, 0.2) is 11.6 Å². The van der Waals surface area contributed by atoms with E-state index in [-0.39, 0.29) is 16.7 Å². The molecule has 0 aliphatic heterocycles. The zero-order chi connectivity index (χ0) is 17.4. The summed E-state index contributed by atoms with van der Waals surface area (Å²) in [6, 6.07) is 11.2. The van der Waals surface area contributed by atoms with Crippen LogP contribution in [-0.4, -0.2) is 11.6 Å². The van der Waals surface area contributed by atoms with Gasteiger partial charge in [0.1, 0.15) is 11.1 Å². The van der Waals surface area contributed by atoms with Crippen molar-refractivity contribution in [3.05, 3.63) is 79.1 Å². The van der Waals surface area contributed by atoms with E-state index >= 15 is 0 Å². The standard InChI is InChI=1S/C18H10BrClO4/c1-9(21)15-16(17(22)10-2-5-12(20)6-3-10)13-8-11(19)4-7-14(13)24-18(15)23/h2-8H,1H3. The highest BCUT2D eigenvalue weighted by atomic mass is 79.9. The maximum Gasteiger partial charge on any atom is 0.347 e. The molecule has 6 heteroatoms. The summed E-state index contributed by atoms with van der Waals surface area (Å²) in [6.07, 6.45) is 0. The fraction of sp³-hybridized carbons (Fsp3) is 0.0556. The number of benzene rings is 2. The second kappa shape index (κ2) is 6.34. The molecule has 0 N–H and O–H groups in total. The quantitative estimate of drug-likeness (QED) is 0.470. The minimum absolute atomic E-state index is 0.0392. The Morgan fingerprint density at radius 3 is 2.33 bits per heavy atom. The average molecular weight is 406 g/mol. The average Bonchev–Trinajstić information content (AvgIpc) is 2.54. The van der Waals surface area contributed by atoms with E-state index in [4.69, 9.17) is 16.0 Å². The first kappa shape index (κ1) is 16.6. The number of ketones is 2. The molecule has 24 heavy (non-hydrogen) atoms. The molecule has 3 aromatic rings. The zero-order valence-electron chi connectivity index (χ0n) is 12.4. The normalized spacial score (nSPS) is 10.8. The highest BCUT2D eigenvalue weighted by Gasteiger charge is 2.24. The molecule has 0 bridgehead atoms. The van der Waals surface area contributed by atoms with Crippen LogP contribution in [0.15, 0.2) is 56.1 Å². The lowest BCUT2D eigenvalue weighted by molar-refractivity contribution is 0.0987. The summed E-state index contributed by atoms with van der Waals surface area (Å²) in [6.45, 7) is 1.23. The molecule has 0 saturated carbocycles. The zero-order valence-corrected chi connectivity index (χ0v) is 14.8. The van der Waals surface area contributed by atoms with Gasteiger partial charge < -0.3 is 4.42 Å². The number of hydrogen-bond acceptors (Lipinski definition) is 4. The molecule has 0 spiro atoms. The van der Waals surface area contributed by atoms with E-state index in [1.54, 1.807) is 42.5 Å². The van der Waals surface area contributed by atoms with Crippen molar-refractivity contribution in [3.63, 3.8) is 0 Å². The maximum absolute atomic E-state index is 13.0. The fourth-order valence-corrected chi connectivity index (χ4v) is 2.96. The van der Waals surface area contributed by atoms with Gasteiger partial charge in [-0.05, 0) is 49.4 Å². The summed E-state index contributed by atoms with van der Waals surface area (Å²) in [7, 11) is 0. The molecular formula is C18H10BrClO4. The summed E-state index contributed by atoms with van der Waals surface area (Å²) in [4.78, 5) is 37.1. The van der Waals surface area contributed by atoms with Crippen LogP contribution in [0.1, 0.15) is 33.2 Å². The van der Waals surface area contributed by atoms with E-state index < -0.39 is 17.2 Å². The van der Waals surface area contributed by atoms with Crippen LogP contribution >= 0.6 is 27.5 Å². The third-order valence-corrected chi connectivity index (χ3v) is 4.30. The van der Waals surface area contributed by atoms with E-state index in [0.29, 0.717) is 20.4 Å². The molecule has 0 unspecified atom stereocenters. The molecule has 0 fully saturated rings. The molecule has 0 radical (unpaired) electrons. The van der Waals surface area contributed by atoms with Gasteiger partial charge in [-0.3, -0.25) is 9.59 Å². The molecular weight excluding hydrogens is 396 g/mol. The molecule has 1 aromatic heterocycles. The van der Waals surface area contributed by atoms with Gasteiger partial charge in [0.05, 0.1) is 5.56 Å². The van der Waals surface area contributed by atoms with Crippen molar-refractivity contribution < 1.29 is 14.0 Å². The Hall–Kier alpha value is -2.24. The van der Waals surface area contributed by atoms with Crippen LogP contribution in [0.2, 0.25) is 5.02 Å². The first-order valence-corrected chi connectivity index (χ1v) is 8.13. The predicted octanol–water partition coefficient (Wildman–Crippen LogP) is 4.64. The molecule has 1 heterocycles. The Morgan fingerprint density at radius 1 is 1.04 bits per heavy atom. The Bertz CT molecular complexity index is 1040. The van der Waals surface area contributed by atoms with E-state index in [1.807, 2.05) is 0 Å². The van der Waals surface area contributed by atoms with Crippen LogP contribution in [0.3, 0.4) is 0 Å². The van der Waals surface area contributed by atoms with Crippen molar-refractivity contribution in [1.82, 2.24) is 0 Å². The number of rotatable bonds is 3. The number of Topliss-reactive ketones (excluding diaryl/α,β-unsaturated/α-hetero) is 1. The van der Waals surface area contributed by atoms with Crippen LogP contribution < -0.4 is 5.63 Å². The third-order valence-electron chi connectivity index (χ3n) is 3.55. The molecule has 0 aliphatic rings. The van der Waals surface area contributed by atoms with Gasteiger partial charge in [-0.2, -0.15) is 0 Å². The van der Waals surface area contributed by atoms with E-state index in [0.717, 1.165) is 0 Å². The van der Waals surface area contributed by atoms with Gasteiger partial charge in [-0.25, -0.2) is 4.79 Å². The molecule has 2 aromatic carbocycles. The van der Waals surface area contributed by atoms with Crippen LogP contribution in [0.4, 0.5) is 0 Å². The smallest absolute Gasteiger partial charge is 0.347 e. The van der Waals surface area contributed by atoms with Crippen LogP contribution in [-0.2, 0) is 0 Å². The molecule has 120 valence electrons. The lowest BCUT2D eigenvalue weighted by atomic mass is 9.94. The maximum atomic E-state index is 13.0. The third kappa shape index (κ3) is 2.92. The van der Waals surface area contributed by atoms with Crippen LogP contribution in [0.5, 0.6) is 0 Å². The monoisotopic (exact) mass is 404 g/mol. The minimum Gasteiger partial charge on any atom is -0.422 e. The van der Waals surface area contributed by atoms with Crippen molar-refractivity contribution in [1.29, 1.82) is 0 Å². The number of hydrogen-bond donors (Lipinski definition) is 0. The lowest BCUT2D eigenvalue weighted by Gasteiger charge is -2.09. The Balaban J connectivity index is 2.39. The predicted molar refractivity (Wildman–Crippen MR) is 95.1 cm³/mol. The summed E-state index contributed by atoms with van der Waals surface area (Å²) < 4.78 is 5.88. The van der Waals surface area contributed by atoms with Crippen molar-refractivity contribution in [2.75, 3.05) is 0 Å². The first-order chi connectivity index (χ1) is 11.4. The van der Waals surface area contributed by atoms with Gasteiger partial charge in [0.2, 0.25) is 0 Å². The molecule has 3 rings (SSSR count). The lowest BCUT2D eigenvalue weighted by Crippen LogP contribution is -2.19. The Morgan fingerprint density at radius 2 is 1.71 bits per heavy atom. The van der Waals surface area contributed by atoms with Gasteiger partial charge in [-0.15, -0.1) is 0 Å². The number of carbonyl (C=O) groups excluding carboxylic acids is 2. The summed E-state index contributed by atoms with van der Waals surface area (Å²) in [5.41, 5.74) is -0.466. The number of carbonyl (C=O) groups is 2. The van der Waals surface area contributed by atoms with Crippen molar-refractivity contribution in [2.24, 2.45) is 0 Å². The van der Waals surface area contributed by atoms with Gasteiger partial charge in [0.25, 0.3) is 0 Å². The molecule has 0 atom stereocenters. The summed E-state index contributed by atoms with van der Waals surface area (Å²) in [5.74, 6) is -0.962. The minimum atomic E-state index is -0.824. The molecule has 0 aliphatic carbocycles. The van der Waals surface area contributed by atoms with Crippen LogP contribution in [0, 0.1) is 0 Å². The fourth-order valence-electron chi connectivity index (χ4n) is 2.48. The van der Waals surface area contributed by atoms with Crippen molar-refractivity contribution in [3.8, 4) is 0 Å². The topological polar surface area (TPSA) is 64.3 Å². The van der Waals surface area contributed by atoms with Gasteiger partial charge in [-0.1, -0.05) is 27.5 Å². The molecule has 0 amide bonds. The Labute approximate surface area is 150 Å². The molecule has 0 saturated heterocycles. The second-order valence-corrected chi connectivity index (χ2v) is 6.52. The van der Waals surface area contributed by atoms with Crippen LogP contribution in [0.25, 0.3) is 11.0 Å². The second-order valence-electron chi connectivity index (χ2n) is 5.17. The van der Waals surface area contributed by atoms with Crippen molar-refractivity contribution in [2.45, 2.75) is 6.92 Å². The number of fused-ring (bicyclic) bond motifs is 1. The number of halogens is 2. The Kier molecular flexibility index (Phi) is 4.39. The summed E-state index contributed by atoms with van der Waals surface area (Å²) >= 11 is 9.18. The summed E-state index contributed by atoms with van der Waals surface area (Å²) in [5, 5.41) is 0.882. The SMILES string of the molecule is CC(=O)c1c(C(=O)c2ccc(Cl)cc2)c2cc(Br)ccc2oc1=O. The largest absolute Gasteiger partial charge is 0.422 e. The highest BCUT2D eigenvalue weighted by Crippen LogP contribution is 2.27. The van der Waals surface area contributed by atoms with Gasteiger partial charge in [0, 0.05) is 20.4 Å². The van der Waals surface area contributed by atoms with Gasteiger partial charge >= 0.3 is 5.63 Å². The van der Waals surface area contributed by atoms with E-state index in [9.17, 15) is 14.4 Å². The highest BCUT2D eigenvalue weighted by molar-refractivity contribution is 9.10. The molecule has 4 nitrogen and oxygen atoms in total. The van der Waals surface area contributed by atoms with E-state index in [2.05, 4.69) is 15.9 Å².